The van der Waals surface area contributed by atoms with Crippen LogP contribution >= 0.6 is 34.8 Å². The molecule has 2 aromatic carbocycles. The summed E-state index contributed by atoms with van der Waals surface area (Å²) in [6, 6.07) is 10.4. The Balaban J connectivity index is 1.74. The zero-order valence-corrected chi connectivity index (χ0v) is 15.3. The summed E-state index contributed by atoms with van der Waals surface area (Å²) < 4.78 is 0. The lowest BCUT2D eigenvalue weighted by atomic mass is 10.1. The molecule has 3 rings (SSSR count). The molecule has 0 atom stereocenters. The van der Waals surface area contributed by atoms with E-state index in [1.165, 1.54) is 19.3 Å². The molecule has 0 unspecified atom stereocenters. The molecule has 1 saturated heterocycles. The number of carbonyl (C=O) groups is 1. The van der Waals surface area contributed by atoms with Crippen molar-refractivity contribution < 1.29 is 4.79 Å². The van der Waals surface area contributed by atoms with Gasteiger partial charge >= 0.3 is 0 Å². The molecule has 1 N–H and O–H groups in total. The Hall–Kier alpha value is -1.42. The number of piperidine rings is 1. The fourth-order valence-electron chi connectivity index (χ4n) is 2.82. The van der Waals surface area contributed by atoms with E-state index in [9.17, 15) is 4.79 Å². The molecule has 1 amide bonds. The molecule has 0 bridgehead atoms. The number of carbonyl (C=O) groups excluding carboxylic acids is 1. The van der Waals surface area contributed by atoms with E-state index in [0.29, 0.717) is 26.3 Å². The molecule has 3 nitrogen and oxygen atoms in total. The highest BCUT2D eigenvalue weighted by atomic mass is 35.5. The first-order chi connectivity index (χ1) is 11.5. The van der Waals surface area contributed by atoms with Crippen molar-refractivity contribution in [2.24, 2.45) is 0 Å². The molecule has 1 aliphatic heterocycles. The van der Waals surface area contributed by atoms with Crippen LogP contribution in [-0.2, 0) is 0 Å². The van der Waals surface area contributed by atoms with E-state index < -0.39 is 0 Å². The summed E-state index contributed by atoms with van der Waals surface area (Å²) in [5.41, 5.74) is 2.11. The molecular weight excluding hydrogens is 367 g/mol. The van der Waals surface area contributed by atoms with Crippen molar-refractivity contribution in [2.75, 3.05) is 23.3 Å². The van der Waals surface area contributed by atoms with Crippen LogP contribution in [0.2, 0.25) is 15.1 Å². The minimum absolute atomic E-state index is 0.254. The second-order valence-electron chi connectivity index (χ2n) is 5.80. The van der Waals surface area contributed by atoms with Gasteiger partial charge in [0.2, 0.25) is 0 Å². The average Bonchev–Trinajstić information content (AvgIpc) is 2.58. The molecule has 2 aromatic rings. The lowest BCUT2D eigenvalue weighted by Gasteiger charge is -2.29. The fraction of sp³-hybridized carbons (Fsp3) is 0.278. The monoisotopic (exact) mass is 382 g/mol. The highest BCUT2D eigenvalue weighted by molar-refractivity contribution is 6.42. The van der Waals surface area contributed by atoms with Crippen molar-refractivity contribution in [1.82, 2.24) is 0 Å². The molecule has 1 fully saturated rings. The third kappa shape index (κ3) is 3.97. The second-order valence-corrected chi connectivity index (χ2v) is 7.02. The molecule has 1 heterocycles. The van der Waals surface area contributed by atoms with Gasteiger partial charge in [0.15, 0.2) is 0 Å². The molecule has 6 heteroatoms. The molecule has 1 aliphatic rings. The van der Waals surface area contributed by atoms with Gasteiger partial charge in [-0.05, 0) is 55.7 Å². The molecule has 0 aromatic heterocycles. The van der Waals surface area contributed by atoms with Crippen LogP contribution in [0.4, 0.5) is 11.4 Å². The Bertz CT molecular complexity index is 758. The molecule has 24 heavy (non-hydrogen) atoms. The van der Waals surface area contributed by atoms with Crippen LogP contribution in [0.3, 0.4) is 0 Å². The van der Waals surface area contributed by atoms with E-state index in [-0.39, 0.29) is 5.91 Å². The lowest BCUT2D eigenvalue weighted by Crippen LogP contribution is -2.29. The van der Waals surface area contributed by atoms with Crippen LogP contribution in [0, 0.1) is 0 Å². The molecule has 0 spiro atoms. The third-order valence-corrected chi connectivity index (χ3v) is 5.13. The number of nitrogens with zero attached hydrogens (tertiary/aromatic N) is 1. The normalized spacial score (nSPS) is 14.5. The Kier molecular flexibility index (Phi) is 5.54. The van der Waals surface area contributed by atoms with Crippen LogP contribution in [0.5, 0.6) is 0 Å². The van der Waals surface area contributed by atoms with E-state index >= 15 is 0 Å². The largest absolute Gasteiger partial charge is 0.370 e. The van der Waals surface area contributed by atoms with Crippen molar-refractivity contribution in [1.29, 1.82) is 0 Å². The zero-order valence-electron chi connectivity index (χ0n) is 13.0. The van der Waals surface area contributed by atoms with Gasteiger partial charge in [0, 0.05) is 24.3 Å². The summed E-state index contributed by atoms with van der Waals surface area (Å²) in [6.07, 6.45) is 3.64. The maximum absolute atomic E-state index is 12.3. The van der Waals surface area contributed by atoms with Crippen LogP contribution in [0.25, 0.3) is 0 Å². The van der Waals surface area contributed by atoms with Gasteiger partial charge in [0.1, 0.15) is 0 Å². The topological polar surface area (TPSA) is 32.3 Å². The highest BCUT2D eigenvalue weighted by Crippen LogP contribution is 2.31. The van der Waals surface area contributed by atoms with Gasteiger partial charge in [0.25, 0.3) is 5.91 Å². The van der Waals surface area contributed by atoms with Gasteiger partial charge in [-0.1, -0.05) is 34.8 Å². The third-order valence-electron chi connectivity index (χ3n) is 4.08. The van der Waals surface area contributed by atoms with Crippen molar-refractivity contribution >= 4 is 52.1 Å². The number of amides is 1. The maximum Gasteiger partial charge on any atom is 0.255 e. The van der Waals surface area contributed by atoms with E-state index in [1.807, 2.05) is 12.1 Å². The number of benzene rings is 2. The van der Waals surface area contributed by atoms with E-state index in [0.717, 1.165) is 18.8 Å². The number of halogens is 3. The van der Waals surface area contributed by atoms with Crippen LogP contribution in [0.1, 0.15) is 29.6 Å². The van der Waals surface area contributed by atoms with E-state index in [4.69, 9.17) is 34.8 Å². The van der Waals surface area contributed by atoms with Crippen molar-refractivity contribution in [3.05, 3.63) is 57.0 Å². The molecule has 0 saturated carbocycles. The molecular formula is C18H17Cl3N2O. The molecule has 126 valence electrons. The number of hydrogen-bond acceptors (Lipinski definition) is 2. The van der Waals surface area contributed by atoms with Crippen LogP contribution in [-0.4, -0.2) is 19.0 Å². The predicted octanol–water partition coefficient (Wildman–Crippen LogP) is 5.89. The van der Waals surface area contributed by atoms with Crippen LogP contribution < -0.4 is 10.2 Å². The fourth-order valence-corrected chi connectivity index (χ4v) is 3.41. The van der Waals surface area contributed by atoms with Gasteiger partial charge in [-0.3, -0.25) is 4.79 Å². The maximum atomic E-state index is 12.3. The standard InChI is InChI=1S/C18H17Cl3N2O/c19-14-6-4-12(10-15(14)20)18(24)22-13-5-7-17(16(21)11-13)23-8-2-1-3-9-23/h4-7,10-11H,1-3,8-9H2,(H,22,24). The summed E-state index contributed by atoms with van der Waals surface area (Å²) in [5.74, 6) is -0.254. The van der Waals surface area contributed by atoms with Gasteiger partial charge in [-0.15, -0.1) is 0 Å². The summed E-state index contributed by atoms with van der Waals surface area (Å²) in [5, 5.41) is 4.24. The van der Waals surface area contributed by atoms with Crippen LogP contribution in [0.15, 0.2) is 36.4 Å². The smallest absolute Gasteiger partial charge is 0.255 e. The van der Waals surface area contributed by atoms with E-state index in [1.54, 1.807) is 24.3 Å². The van der Waals surface area contributed by atoms with Crippen molar-refractivity contribution in [2.45, 2.75) is 19.3 Å². The number of nitrogens with one attached hydrogen (secondary N) is 1. The van der Waals surface area contributed by atoms with Gasteiger partial charge < -0.3 is 10.2 Å². The zero-order chi connectivity index (χ0) is 17.1. The van der Waals surface area contributed by atoms with Crippen molar-refractivity contribution in [3.8, 4) is 0 Å². The van der Waals surface area contributed by atoms with Gasteiger partial charge in [-0.25, -0.2) is 0 Å². The Morgan fingerprint density at radius 1 is 0.875 bits per heavy atom. The number of anilines is 2. The summed E-state index contributed by atoms with van der Waals surface area (Å²) in [6.45, 7) is 2.05. The molecule has 0 radical (unpaired) electrons. The minimum atomic E-state index is -0.254. The summed E-state index contributed by atoms with van der Waals surface area (Å²) in [7, 11) is 0. The van der Waals surface area contributed by atoms with Gasteiger partial charge in [-0.2, -0.15) is 0 Å². The lowest BCUT2D eigenvalue weighted by molar-refractivity contribution is 0.102. The van der Waals surface area contributed by atoms with Gasteiger partial charge in [0.05, 0.1) is 20.8 Å². The Labute approximate surface area is 156 Å². The quantitative estimate of drug-likeness (QED) is 0.716. The summed E-state index contributed by atoms with van der Waals surface area (Å²) >= 11 is 18.2. The Morgan fingerprint density at radius 3 is 2.29 bits per heavy atom. The first-order valence-corrected chi connectivity index (χ1v) is 8.99. The Morgan fingerprint density at radius 2 is 1.62 bits per heavy atom. The predicted molar refractivity (Wildman–Crippen MR) is 102 cm³/mol. The highest BCUT2D eigenvalue weighted by Gasteiger charge is 2.15. The second kappa shape index (κ2) is 7.64. The minimum Gasteiger partial charge on any atom is -0.370 e. The molecule has 0 aliphatic carbocycles. The number of hydrogen-bond donors (Lipinski definition) is 1. The number of rotatable bonds is 3. The first kappa shape index (κ1) is 17.4. The van der Waals surface area contributed by atoms with Crippen molar-refractivity contribution in [3.63, 3.8) is 0 Å². The SMILES string of the molecule is O=C(Nc1ccc(N2CCCCC2)c(Cl)c1)c1ccc(Cl)c(Cl)c1. The first-order valence-electron chi connectivity index (χ1n) is 7.85. The average molecular weight is 384 g/mol. The van der Waals surface area contributed by atoms with E-state index in [2.05, 4.69) is 10.2 Å². The summed E-state index contributed by atoms with van der Waals surface area (Å²) in [4.78, 5) is 14.6.